The summed E-state index contributed by atoms with van der Waals surface area (Å²) < 4.78 is 4.89. The van der Waals surface area contributed by atoms with Gasteiger partial charge in [0.15, 0.2) is 0 Å². The molecule has 118 valence electrons. The number of rotatable bonds is 4. The largest absolute Gasteiger partial charge is 0.463 e. The first-order chi connectivity index (χ1) is 10.4. The number of hydrogen-bond acceptors (Lipinski definition) is 6. The van der Waals surface area contributed by atoms with E-state index in [9.17, 15) is 9.59 Å². The molecule has 0 spiro atoms. The number of ether oxygens (including phenoxy) is 1. The molecule has 6 nitrogen and oxygen atoms in total. The Hall–Kier alpha value is -2.50. The van der Waals surface area contributed by atoms with Gasteiger partial charge in [-0.3, -0.25) is 0 Å². The first-order valence-electron chi connectivity index (χ1n) is 7.13. The maximum absolute atomic E-state index is 12.1. The van der Waals surface area contributed by atoms with Gasteiger partial charge < -0.3 is 14.9 Å². The molecule has 22 heavy (non-hydrogen) atoms. The predicted octanol–water partition coefficient (Wildman–Crippen LogP) is 1.85. The number of nitrogens with one attached hydrogen (secondary N) is 1. The summed E-state index contributed by atoms with van der Waals surface area (Å²) in [6.45, 7) is 6.34. The fraction of sp³-hybridized carbons (Fsp3) is 0.375. The lowest BCUT2D eigenvalue weighted by molar-refractivity contribution is -0.137. The highest BCUT2D eigenvalue weighted by Crippen LogP contribution is 2.22. The van der Waals surface area contributed by atoms with E-state index < -0.39 is 11.9 Å². The summed E-state index contributed by atoms with van der Waals surface area (Å²) in [5.74, 6) is -0.550. The molecule has 0 amide bonds. The molecule has 0 aliphatic carbocycles. The normalized spacial score (nSPS) is 18.0. The second kappa shape index (κ2) is 6.51. The molecule has 2 rings (SSSR count). The van der Waals surface area contributed by atoms with Crippen LogP contribution in [0.5, 0.6) is 0 Å². The Morgan fingerprint density at radius 2 is 2.00 bits per heavy atom. The van der Waals surface area contributed by atoms with Crippen LogP contribution >= 0.6 is 0 Å². The number of carbonyl (C=O) groups excluding carboxylic acids is 2. The van der Waals surface area contributed by atoms with Gasteiger partial charge in [0.25, 0.3) is 0 Å². The Bertz CT molecular complexity index is 581. The molecule has 1 aliphatic rings. The fourth-order valence-electron chi connectivity index (χ4n) is 2.10. The first kappa shape index (κ1) is 15.9. The fourth-order valence-corrected chi connectivity index (χ4v) is 2.10. The molecule has 1 fully saturated rings. The van der Waals surface area contributed by atoms with Gasteiger partial charge in [0.05, 0.1) is 30.3 Å². The number of benzene rings is 1. The zero-order valence-corrected chi connectivity index (χ0v) is 13.0. The van der Waals surface area contributed by atoms with Gasteiger partial charge in [0, 0.05) is 0 Å². The number of hydrogen-bond donors (Lipinski definition) is 1. The quantitative estimate of drug-likeness (QED) is 0.676. The van der Waals surface area contributed by atoms with Crippen molar-refractivity contribution in [2.45, 2.75) is 26.3 Å². The summed E-state index contributed by atoms with van der Waals surface area (Å²) in [4.78, 5) is 29.1. The van der Waals surface area contributed by atoms with Crippen molar-refractivity contribution >= 4 is 11.9 Å². The van der Waals surface area contributed by atoms with Crippen molar-refractivity contribution in [1.82, 2.24) is 10.4 Å². The number of carbonyl (C=O) groups is 2. The van der Waals surface area contributed by atoms with Gasteiger partial charge >= 0.3 is 11.9 Å². The Morgan fingerprint density at radius 1 is 1.32 bits per heavy atom. The Morgan fingerprint density at radius 3 is 2.64 bits per heavy atom. The minimum absolute atomic E-state index is 0.288. The highest BCUT2D eigenvalue weighted by molar-refractivity contribution is 5.89. The molecule has 0 bridgehead atoms. The lowest BCUT2D eigenvalue weighted by Gasteiger charge is -2.18. The minimum Gasteiger partial charge on any atom is -0.463 e. The third kappa shape index (κ3) is 4.00. The molecule has 0 saturated carbocycles. The summed E-state index contributed by atoms with van der Waals surface area (Å²) in [7, 11) is 0. The molecule has 6 heteroatoms. The molecule has 1 N–H and O–H groups in total. The molecule has 1 aromatic carbocycles. The van der Waals surface area contributed by atoms with Crippen LogP contribution in [0.4, 0.5) is 0 Å². The smallest absolute Gasteiger partial charge is 0.363 e. The van der Waals surface area contributed by atoms with Crippen LogP contribution in [-0.4, -0.2) is 35.7 Å². The maximum atomic E-state index is 12.1. The summed E-state index contributed by atoms with van der Waals surface area (Å²) in [5, 5.41) is 4.52. The van der Waals surface area contributed by atoms with E-state index >= 15 is 0 Å². The van der Waals surface area contributed by atoms with Crippen LogP contribution in [0.2, 0.25) is 0 Å². The zero-order valence-electron chi connectivity index (χ0n) is 13.0. The highest BCUT2D eigenvalue weighted by Gasteiger charge is 2.35. The monoisotopic (exact) mass is 304 g/mol. The number of hydroxylamine groups is 2. The topological polar surface area (TPSA) is 67.9 Å². The lowest BCUT2D eigenvalue weighted by atomic mass is 10.1. The predicted molar refractivity (Wildman–Crippen MR) is 80.5 cm³/mol. The Labute approximate surface area is 129 Å². The lowest BCUT2D eigenvalue weighted by Crippen LogP contribution is -2.34. The molecule has 1 heterocycles. The summed E-state index contributed by atoms with van der Waals surface area (Å²) in [6, 6.07) is 8.69. The molecule has 0 radical (unpaired) electrons. The van der Waals surface area contributed by atoms with E-state index in [-0.39, 0.29) is 12.1 Å². The molecular formula is C16H20N2O4. The van der Waals surface area contributed by atoms with Gasteiger partial charge in [-0.25, -0.2) is 9.59 Å². The van der Waals surface area contributed by atoms with Crippen LogP contribution < -0.4 is 5.32 Å². The van der Waals surface area contributed by atoms with E-state index in [2.05, 4.69) is 5.32 Å². The van der Waals surface area contributed by atoms with E-state index in [1.807, 2.05) is 19.9 Å². The van der Waals surface area contributed by atoms with Crippen LogP contribution in [-0.2, 0) is 14.4 Å². The van der Waals surface area contributed by atoms with Crippen molar-refractivity contribution in [3.05, 3.63) is 47.8 Å². The maximum Gasteiger partial charge on any atom is 0.363 e. The van der Waals surface area contributed by atoms with Crippen LogP contribution in [0.15, 0.2) is 42.2 Å². The SMILES string of the molecule is CCOC(=O)/C=C1/NC(C)(C)CN1OC(=O)c1ccccc1. The molecule has 0 atom stereocenters. The van der Waals surface area contributed by atoms with Gasteiger partial charge in [-0.05, 0) is 32.9 Å². The van der Waals surface area contributed by atoms with Crippen molar-refractivity contribution in [2.24, 2.45) is 0 Å². The van der Waals surface area contributed by atoms with E-state index in [1.165, 1.54) is 11.1 Å². The third-order valence-corrected chi connectivity index (χ3v) is 3.02. The molecular weight excluding hydrogens is 284 g/mol. The second-order valence-corrected chi connectivity index (χ2v) is 5.57. The molecule has 0 aromatic heterocycles. The number of esters is 1. The summed E-state index contributed by atoms with van der Waals surface area (Å²) >= 11 is 0. The van der Waals surface area contributed by atoms with Gasteiger partial charge in [-0.15, -0.1) is 0 Å². The van der Waals surface area contributed by atoms with Crippen LogP contribution in [0.3, 0.4) is 0 Å². The van der Waals surface area contributed by atoms with Crippen molar-refractivity contribution in [3.63, 3.8) is 0 Å². The van der Waals surface area contributed by atoms with Gasteiger partial charge in [0.2, 0.25) is 0 Å². The molecule has 1 aromatic rings. The van der Waals surface area contributed by atoms with Crippen molar-refractivity contribution in [1.29, 1.82) is 0 Å². The summed E-state index contributed by atoms with van der Waals surface area (Å²) in [6.07, 6.45) is 1.29. The van der Waals surface area contributed by atoms with E-state index in [1.54, 1.807) is 31.2 Å². The Balaban J connectivity index is 2.13. The van der Waals surface area contributed by atoms with Crippen molar-refractivity contribution < 1.29 is 19.2 Å². The van der Waals surface area contributed by atoms with Crippen LogP contribution in [0.25, 0.3) is 0 Å². The second-order valence-electron chi connectivity index (χ2n) is 5.57. The van der Waals surface area contributed by atoms with Gasteiger partial charge in [-0.1, -0.05) is 18.2 Å². The molecule has 1 aliphatic heterocycles. The minimum atomic E-state index is -0.483. The third-order valence-electron chi connectivity index (χ3n) is 3.02. The van der Waals surface area contributed by atoms with Gasteiger partial charge in [0.1, 0.15) is 5.82 Å². The summed E-state index contributed by atoms with van der Waals surface area (Å²) in [5.41, 5.74) is 0.123. The Kier molecular flexibility index (Phi) is 4.70. The molecule has 0 unspecified atom stereocenters. The zero-order chi connectivity index (χ0) is 16.2. The first-order valence-corrected chi connectivity index (χ1v) is 7.13. The van der Waals surface area contributed by atoms with Gasteiger partial charge in [-0.2, -0.15) is 5.06 Å². The van der Waals surface area contributed by atoms with Crippen molar-refractivity contribution in [2.75, 3.05) is 13.2 Å². The van der Waals surface area contributed by atoms with E-state index in [0.717, 1.165) is 0 Å². The average Bonchev–Trinajstić information content (AvgIpc) is 2.74. The molecule has 1 saturated heterocycles. The average molecular weight is 304 g/mol. The standard InChI is InChI=1S/C16H20N2O4/c1-4-21-14(19)10-13-17-16(2,3)11-18(13)22-15(20)12-8-6-5-7-9-12/h5-10,17H,4,11H2,1-3H3/b13-10-. The van der Waals surface area contributed by atoms with Crippen LogP contribution in [0.1, 0.15) is 31.1 Å². The van der Waals surface area contributed by atoms with Crippen LogP contribution in [0, 0.1) is 0 Å². The highest BCUT2D eigenvalue weighted by atomic mass is 16.7. The van der Waals surface area contributed by atoms with E-state index in [0.29, 0.717) is 17.9 Å². The number of nitrogens with zero attached hydrogens (tertiary/aromatic N) is 1. The van der Waals surface area contributed by atoms with E-state index in [4.69, 9.17) is 9.57 Å². The van der Waals surface area contributed by atoms with Crippen molar-refractivity contribution in [3.8, 4) is 0 Å².